The molecule has 0 bridgehead atoms. The Morgan fingerprint density at radius 2 is 1.50 bits per heavy atom. The van der Waals surface area contributed by atoms with Gasteiger partial charge in [-0.25, -0.2) is 0 Å². The molecule has 128 valence electrons. The Kier molecular flexibility index (Phi) is 9.03. The smallest absolute Gasteiger partial charge is 0.305 e. The van der Waals surface area contributed by atoms with Gasteiger partial charge in [-0.3, -0.25) is 4.79 Å². The third kappa shape index (κ3) is 5.44. The summed E-state index contributed by atoms with van der Waals surface area (Å²) < 4.78 is 6.68. The molecular formula is C18H34O3Si. The van der Waals surface area contributed by atoms with Gasteiger partial charge in [0, 0.05) is 6.42 Å². The van der Waals surface area contributed by atoms with E-state index in [1.807, 2.05) is 6.92 Å². The topological polar surface area (TPSA) is 46.5 Å². The molecule has 4 heteroatoms. The fourth-order valence-corrected chi connectivity index (χ4v) is 9.25. The Labute approximate surface area is 138 Å². The van der Waals surface area contributed by atoms with E-state index in [1.165, 1.54) is 0 Å². The minimum Gasteiger partial charge on any atom is -0.481 e. The number of hydrogen-bond acceptors (Lipinski definition) is 2. The highest BCUT2D eigenvalue weighted by molar-refractivity contribution is 6.77. The zero-order chi connectivity index (χ0) is 17.5. The van der Waals surface area contributed by atoms with E-state index >= 15 is 0 Å². The second-order valence-corrected chi connectivity index (χ2v) is 12.6. The largest absolute Gasteiger partial charge is 0.481 e. The highest BCUT2D eigenvalue weighted by Gasteiger charge is 2.47. The molecule has 0 aliphatic rings. The molecule has 0 fully saturated rings. The Morgan fingerprint density at radius 1 is 1.05 bits per heavy atom. The van der Waals surface area contributed by atoms with Gasteiger partial charge in [-0.05, 0) is 29.5 Å². The molecule has 22 heavy (non-hydrogen) atoms. The molecule has 0 aromatic rings. The lowest BCUT2D eigenvalue weighted by Gasteiger charge is -2.45. The van der Waals surface area contributed by atoms with Crippen LogP contribution in [0.5, 0.6) is 0 Å². The summed E-state index contributed by atoms with van der Waals surface area (Å²) in [5, 5.41) is 9.27. The summed E-state index contributed by atoms with van der Waals surface area (Å²) in [5.41, 5.74) is 1.36. The molecule has 0 unspecified atom stereocenters. The minimum atomic E-state index is -2.07. The number of carboxylic acids is 1. The summed E-state index contributed by atoms with van der Waals surface area (Å²) in [6.45, 7) is 17.2. The van der Waals surface area contributed by atoms with Crippen LogP contribution in [0.3, 0.4) is 0 Å². The lowest BCUT2D eigenvalue weighted by atomic mass is 9.99. The van der Waals surface area contributed by atoms with Gasteiger partial charge >= 0.3 is 5.97 Å². The molecular weight excluding hydrogens is 292 g/mol. The van der Waals surface area contributed by atoms with Crippen molar-refractivity contribution in [2.24, 2.45) is 5.92 Å². The van der Waals surface area contributed by atoms with Crippen LogP contribution in [0.4, 0.5) is 0 Å². The van der Waals surface area contributed by atoms with Crippen LogP contribution < -0.4 is 0 Å². The van der Waals surface area contributed by atoms with Crippen molar-refractivity contribution < 1.29 is 14.3 Å². The third-order valence-electron chi connectivity index (χ3n) is 4.67. The van der Waals surface area contributed by atoms with Gasteiger partial charge < -0.3 is 9.53 Å². The van der Waals surface area contributed by atoms with Gasteiger partial charge in [0.1, 0.15) is 0 Å². The molecule has 0 saturated heterocycles. The maximum atomic E-state index is 11.3. The number of aliphatic carboxylic acids is 1. The summed E-state index contributed by atoms with van der Waals surface area (Å²) in [6.07, 6.45) is 0.498. The first kappa shape index (κ1) is 21.2. The minimum absolute atomic E-state index is 0.0630. The molecule has 2 atom stereocenters. The molecule has 0 rings (SSSR count). The number of rotatable bonds is 9. The summed E-state index contributed by atoms with van der Waals surface area (Å²) in [5.74, 6) is 5.30. The van der Waals surface area contributed by atoms with Crippen LogP contribution in [0.2, 0.25) is 16.6 Å². The first-order valence-electron chi connectivity index (χ1n) is 8.38. The molecule has 0 aliphatic heterocycles. The number of carboxylic acid groups (broad SMARTS) is 1. The van der Waals surface area contributed by atoms with Gasteiger partial charge in [0.15, 0.2) is 0 Å². The van der Waals surface area contributed by atoms with E-state index < -0.39 is 14.3 Å². The maximum Gasteiger partial charge on any atom is 0.305 e. The standard InChI is InChI=1S/C18H34O3Si/c1-9-10-11-16(8)17(12-18(19)20)21-22(13(2)3,14(4)5)15(6)7/h13-17H,11-12H2,1-8H3,(H,19,20)/t16-,17+/m0/s1. The molecule has 0 amide bonds. The molecule has 0 spiro atoms. The van der Waals surface area contributed by atoms with Crippen molar-refractivity contribution in [3.8, 4) is 11.8 Å². The van der Waals surface area contributed by atoms with Gasteiger partial charge in [-0.1, -0.05) is 48.5 Å². The normalized spacial score (nSPS) is 14.9. The number of carbonyl (C=O) groups is 1. The van der Waals surface area contributed by atoms with Crippen LogP contribution in [-0.4, -0.2) is 25.5 Å². The van der Waals surface area contributed by atoms with Crippen molar-refractivity contribution in [3.05, 3.63) is 0 Å². The van der Waals surface area contributed by atoms with Crippen molar-refractivity contribution in [2.45, 2.75) is 91.0 Å². The molecule has 0 aromatic carbocycles. The van der Waals surface area contributed by atoms with Crippen LogP contribution in [0, 0.1) is 17.8 Å². The third-order valence-corrected chi connectivity index (χ3v) is 10.8. The zero-order valence-electron chi connectivity index (χ0n) is 15.6. The first-order chi connectivity index (χ1) is 10.1. The summed E-state index contributed by atoms with van der Waals surface area (Å²) in [7, 11) is -2.07. The SMILES string of the molecule is CC#CC[C@H](C)[C@@H](CC(=O)O)O[Si](C(C)C)(C(C)C)C(C)C. The average molecular weight is 327 g/mol. The number of hydrogen-bond donors (Lipinski definition) is 1. The summed E-state index contributed by atoms with van der Waals surface area (Å²) in [4.78, 5) is 11.3. The van der Waals surface area contributed by atoms with E-state index in [0.717, 1.165) is 0 Å². The Bertz CT molecular complexity index is 383. The van der Waals surface area contributed by atoms with E-state index in [0.29, 0.717) is 23.0 Å². The van der Waals surface area contributed by atoms with Gasteiger partial charge in [0.05, 0.1) is 12.5 Å². The quantitative estimate of drug-likeness (QED) is 0.475. The fourth-order valence-electron chi connectivity index (χ4n) is 3.60. The predicted molar refractivity (Wildman–Crippen MR) is 95.4 cm³/mol. The van der Waals surface area contributed by atoms with E-state index in [9.17, 15) is 9.90 Å². The molecule has 1 N–H and O–H groups in total. The van der Waals surface area contributed by atoms with Crippen molar-refractivity contribution >= 4 is 14.3 Å². The Balaban J connectivity index is 5.51. The van der Waals surface area contributed by atoms with Crippen LogP contribution in [0.25, 0.3) is 0 Å². The fraction of sp³-hybridized carbons (Fsp3) is 0.833. The van der Waals surface area contributed by atoms with E-state index in [-0.39, 0.29) is 18.4 Å². The van der Waals surface area contributed by atoms with Crippen LogP contribution in [-0.2, 0) is 9.22 Å². The van der Waals surface area contributed by atoms with Gasteiger partial charge in [0.2, 0.25) is 8.32 Å². The lowest BCUT2D eigenvalue weighted by molar-refractivity contribution is -0.139. The van der Waals surface area contributed by atoms with E-state index in [1.54, 1.807) is 0 Å². The van der Waals surface area contributed by atoms with Gasteiger partial charge in [0.25, 0.3) is 0 Å². The van der Waals surface area contributed by atoms with Crippen molar-refractivity contribution in [1.82, 2.24) is 0 Å². The highest BCUT2D eigenvalue weighted by Crippen LogP contribution is 2.44. The molecule has 0 heterocycles. The first-order valence-corrected chi connectivity index (χ1v) is 10.5. The van der Waals surface area contributed by atoms with Crippen LogP contribution in [0.15, 0.2) is 0 Å². The second-order valence-electron chi connectivity index (χ2n) is 7.18. The zero-order valence-corrected chi connectivity index (χ0v) is 16.6. The van der Waals surface area contributed by atoms with Crippen LogP contribution in [0.1, 0.15) is 68.2 Å². The van der Waals surface area contributed by atoms with Crippen molar-refractivity contribution in [2.75, 3.05) is 0 Å². The monoisotopic (exact) mass is 326 g/mol. The summed E-state index contributed by atoms with van der Waals surface area (Å²) >= 11 is 0. The maximum absolute atomic E-state index is 11.3. The highest BCUT2D eigenvalue weighted by atomic mass is 28.4. The van der Waals surface area contributed by atoms with E-state index in [2.05, 4.69) is 60.3 Å². The summed E-state index contributed by atoms with van der Waals surface area (Å²) in [6, 6.07) is 0. The van der Waals surface area contributed by atoms with Crippen LogP contribution >= 0.6 is 0 Å². The van der Waals surface area contributed by atoms with Crippen molar-refractivity contribution in [3.63, 3.8) is 0 Å². The molecule has 0 aromatic heterocycles. The average Bonchev–Trinajstić information content (AvgIpc) is 2.38. The molecule has 0 saturated carbocycles. The molecule has 0 radical (unpaired) electrons. The predicted octanol–water partition coefficient (Wildman–Crippen LogP) is 5.07. The second kappa shape index (κ2) is 9.37. The Hall–Kier alpha value is -0.793. The molecule has 0 aliphatic carbocycles. The lowest BCUT2D eigenvalue weighted by Crippen LogP contribution is -2.51. The molecule has 3 nitrogen and oxygen atoms in total. The van der Waals surface area contributed by atoms with Gasteiger partial charge in [-0.15, -0.1) is 11.8 Å². The van der Waals surface area contributed by atoms with Crippen molar-refractivity contribution in [1.29, 1.82) is 0 Å². The van der Waals surface area contributed by atoms with Gasteiger partial charge in [-0.2, -0.15) is 0 Å². The Morgan fingerprint density at radius 3 is 1.82 bits per heavy atom. The van der Waals surface area contributed by atoms with E-state index in [4.69, 9.17) is 4.43 Å².